The van der Waals surface area contributed by atoms with Gasteiger partial charge in [-0.25, -0.2) is 4.79 Å². The lowest BCUT2D eigenvalue weighted by atomic mass is 9.96. The molecule has 1 unspecified atom stereocenters. The Kier molecular flexibility index (Phi) is 7.90. The molecule has 2 aliphatic heterocycles. The standard InChI is InChI=1S/C28H29NO7/c30-24-23(29-28(31)34-17-20-12-6-2-7-13-20)27(32-16-19-10-4-1-5-11-19)35-22-18-33-26(36-25(22)24)21-14-8-3-9-15-21/h1-15,22-27,30H,16-18H2,(H,29,31)/t22-,23-,24-,25-,26?,27+/m1/s1. The fourth-order valence-corrected chi connectivity index (χ4v) is 4.32. The summed E-state index contributed by atoms with van der Waals surface area (Å²) >= 11 is 0. The lowest BCUT2D eigenvalue weighted by Gasteiger charge is -2.47. The van der Waals surface area contributed by atoms with Gasteiger partial charge < -0.3 is 34.1 Å². The van der Waals surface area contributed by atoms with Gasteiger partial charge in [-0.1, -0.05) is 91.0 Å². The predicted molar refractivity (Wildman–Crippen MR) is 129 cm³/mol. The third-order valence-corrected chi connectivity index (χ3v) is 6.19. The van der Waals surface area contributed by atoms with Crippen molar-refractivity contribution < 1.29 is 33.6 Å². The molecule has 2 N–H and O–H groups in total. The van der Waals surface area contributed by atoms with Gasteiger partial charge in [0.1, 0.15) is 31.0 Å². The van der Waals surface area contributed by atoms with Crippen molar-refractivity contribution in [2.75, 3.05) is 6.61 Å². The highest BCUT2D eigenvalue weighted by Gasteiger charge is 2.50. The van der Waals surface area contributed by atoms with Crippen molar-refractivity contribution in [2.24, 2.45) is 0 Å². The zero-order chi connectivity index (χ0) is 24.7. The van der Waals surface area contributed by atoms with E-state index < -0.39 is 43.0 Å². The fraction of sp³-hybridized carbons (Fsp3) is 0.321. The van der Waals surface area contributed by atoms with Crippen molar-refractivity contribution in [3.05, 3.63) is 108 Å². The number of alkyl carbamates (subject to hydrolysis) is 1. The van der Waals surface area contributed by atoms with E-state index in [1.54, 1.807) is 0 Å². The molecule has 0 aromatic heterocycles. The average Bonchev–Trinajstić information content (AvgIpc) is 2.94. The number of carbonyl (C=O) groups is 1. The second-order valence-corrected chi connectivity index (χ2v) is 8.74. The quantitative estimate of drug-likeness (QED) is 0.520. The molecule has 0 aliphatic carbocycles. The van der Waals surface area contributed by atoms with Gasteiger partial charge in [0.25, 0.3) is 0 Å². The normalized spacial score (nSPS) is 27.6. The predicted octanol–water partition coefficient (Wildman–Crippen LogP) is 3.70. The highest BCUT2D eigenvalue weighted by molar-refractivity contribution is 5.67. The highest BCUT2D eigenvalue weighted by atomic mass is 16.7. The molecule has 3 aromatic carbocycles. The molecule has 8 nitrogen and oxygen atoms in total. The number of carbonyl (C=O) groups excluding carboxylic acids is 1. The van der Waals surface area contributed by atoms with Crippen LogP contribution >= 0.6 is 0 Å². The Morgan fingerprint density at radius 2 is 1.47 bits per heavy atom. The van der Waals surface area contributed by atoms with E-state index in [0.29, 0.717) is 0 Å². The van der Waals surface area contributed by atoms with E-state index in [1.807, 2.05) is 91.0 Å². The summed E-state index contributed by atoms with van der Waals surface area (Å²) in [6.07, 6.45) is -4.71. The molecular weight excluding hydrogens is 462 g/mol. The van der Waals surface area contributed by atoms with Crippen LogP contribution in [-0.4, -0.2) is 48.5 Å². The summed E-state index contributed by atoms with van der Waals surface area (Å²) in [7, 11) is 0. The van der Waals surface area contributed by atoms with Gasteiger partial charge in [-0.3, -0.25) is 0 Å². The summed E-state index contributed by atoms with van der Waals surface area (Å²) in [6, 6.07) is 27.5. The highest BCUT2D eigenvalue weighted by Crippen LogP contribution is 2.34. The van der Waals surface area contributed by atoms with E-state index in [2.05, 4.69) is 5.32 Å². The largest absolute Gasteiger partial charge is 0.445 e. The van der Waals surface area contributed by atoms with Gasteiger partial charge >= 0.3 is 6.09 Å². The molecule has 36 heavy (non-hydrogen) atoms. The third kappa shape index (κ3) is 5.92. The number of aliphatic hydroxyl groups excluding tert-OH is 1. The van der Waals surface area contributed by atoms with Gasteiger partial charge in [-0.2, -0.15) is 0 Å². The Balaban J connectivity index is 1.28. The number of nitrogens with one attached hydrogen (secondary N) is 1. The zero-order valence-corrected chi connectivity index (χ0v) is 19.6. The summed E-state index contributed by atoms with van der Waals surface area (Å²) in [5.74, 6) is 0. The molecule has 188 valence electrons. The third-order valence-electron chi connectivity index (χ3n) is 6.19. The Morgan fingerprint density at radius 1 is 0.861 bits per heavy atom. The Morgan fingerprint density at radius 3 is 2.14 bits per heavy atom. The second kappa shape index (κ2) is 11.6. The minimum atomic E-state index is -1.12. The van der Waals surface area contributed by atoms with Gasteiger partial charge in [0, 0.05) is 5.56 Å². The molecule has 8 heteroatoms. The second-order valence-electron chi connectivity index (χ2n) is 8.74. The van der Waals surface area contributed by atoms with Crippen LogP contribution in [0.2, 0.25) is 0 Å². The molecule has 0 bridgehead atoms. The van der Waals surface area contributed by atoms with Gasteiger partial charge in [0.05, 0.1) is 13.2 Å². The van der Waals surface area contributed by atoms with Crippen LogP contribution in [-0.2, 0) is 36.9 Å². The van der Waals surface area contributed by atoms with Crippen molar-refractivity contribution >= 4 is 6.09 Å². The number of ether oxygens (including phenoxy) is 5. The number of hydrogen-bond donors (Lipinski definition) is 2. The number of amides is 1. The number of rotatable bonds is 7. The summed E-state index contributed by atoms with van der Waals surface area (Å²) in [5, 5.41) is 14.1. The molecule has 0 saturated carbocycles. The van der Waals surface area contributed by atoms with Crippen LogP contribution in [0.4, 0.5) is 4.79 Å². The summed E-state index contributed by atoms with van der Waals surface area (Å²) in [6.45, 7) is 0.539. The van der Waals surface area contributed by atoms with Crippen LogP contribution < -0.4 is 5.32 Å². The van der Waals surface area contributed by atoms with Gasteiger partial charge in [-0.05, 0) is 11.1 Å². The molecule has 2 aliphatic rings. The van der Waals surface area contributed by atoms with Crippen molar-refractivity contribution in [3.8, 4) is 0 Å². The van der Waals surface area contributed by atoms with E-state index in [0.717, 1.165) is 16.7 Å². The van der Waals surface area contributed by atoms with Gasteiger partial charge in [0.2, 0.25) is 0 Å². The molecule has 3 aromatic rings. The molecule has 6 atom stereocenters. The van der Waals surface area contributed by atoms with E-state index in [-0.39, 0.29) is 19.8 Å². The van der Waals surface area contributed by atoms with Crippen molar-refractivity contribution in [1.82, 2.24) is 5.32 Å². The van der Waals surface area contributed by atoms with E-state index in [1.165, 1.54) is 0 Å². The molecular formula is C28H29NO7. The first-order chi connectivity index (χ1) is 17.7. The molecule has 1 amide bonds. The molecule has 5 rings (SSSR count). The molecule has 0 spiro atoms. The van der Waals surface area contributed by atoms with Crippen LogP contribution in [0.5, 0.6) is 0 Å². The minimum absolute atomic E-state index is 0.0956. The first-order valence-electron chi connectivity index (χ1n) is 12.0. The smallest absolute Gasteiger partial charge is 0.407 e. The maximum Gasteiger partial charge on any atom is 0.407 e. The van der Waals surface area contributed by atoms with Crippen molar-refractivity contribution in [1.29, 1.82) is 0 Å². The van der Waals surface area contributed by atoms with Crippen LogP contribution in [0, 0.1) is 0 Å². The van der Waals surface area contributed by atoms with E-state index in [9.17, 15) is 9.90 Å². The first-order valence-corrected chi connectivity index (χ1v) is 12.0. The molecule has 2 saturated heterocycles. The Bertz CT molecular complexity index is 1100. The maximum absolute atomic E-state index is 12.7. The zero-order valence-electron chi connectivity index (χ0n) is 19.6. The molecule has 0 radical (unpaired) electrons. The van der Waals surface area contributed by atoms with E-state index in [4.69, 9.17) is 23.7 Å². The molecule has 2 fully saturated rings. The van der Waals surface area contributed by atoms with Crippen LogP contribution in [0.3, 0.4) is 0 Å². The van der Waals surface area contributed by atoms with E-state index >= 15 is 0 Å². The summed E-state index contributed by atoms with van der Waals surface area (Å²) in [5.41, 5.74) is 2.62. The SMILES string of the molecule is O=C(N[C@H]1[C@@H](OCc2ccccc2)O[C@@H]2COC(c3ccccc3)O[C@H]2[C@@H]1O)OCc1ccccc1. The number of aliphatic hydroxyl groups is 1. The maximum atomic E-state index is 12.7. The Hall–Kier alpha value is -3.27. The van der Waals surface area contributed by atoms with Crippen LogP contribution in [0.25, 0.3) is 0 Å². The first kappa shape index (κ1) is 24.4. The van der Waals surface area contributed by atoms with Crippen molar-refractivity contribution in [2.45, 2.75) is 50.1 Å². The summed E-state index contributed by atoms with van der Waals surface area (Å²) in [4.78, 5) is 12.7. The Labute approximate surface area is 209 Å². The lowest BCUT2D eigenvalue weighted by molar-refractivity contribution is -0.345. The summed E-state index contributed by atoms with van der Waals surface area (Å²) < 4.78 is 29.5. The van der Waals surface area contributed by atoms with Crippen molar-refractivity contribution in [3.63, 3.8) is 0 Å². The van der Waals surface area contributed by atoms with Gasteiger partial charge in [-0.15, -0.1) is 0 Å². The number of benzene rings is 3. The monoisotopic (exact) mass is 491 g/mol. The number of fused-ring (bicyclic) bond motifs is 1. The van der Waals surface area contributed by atoms with Crippen LogP contribution in [0.15, 0.2) is 91.0 Å². The lowest BCUT2D eigenvalue weighted by Crippen LogP contribution is -2.66. The molecule has 2 heterocycles. The topological polar surface area (TPSA) is 95.5 Å². The minimum Gasteiger partial charge on any atom is -0.445 e. The fourth-order valence-electron chi connectivity index (χ4n) is 4.32. The number of hydrogen-bond acceptors (Lipinski definition) is 7. The van der Waals surface area contributed by atoms with Crippen LogP contribution in [0.1, 0.15) is 23.0 Å². The average molecular weight is 492 g/mol. The van der Waals surface area contributed by atoms with Gasteiger partial charge in [0.15, 0.2) is 12.6 Å².